The highest BCUT2D eigenvalue weighted by Crippen LogP contribution is 2.08. The van der Waals surface area contributed by atoms with Gasteiger partial charge in [-0.3, -0.25) is 10.1 Å². The molecule has 3 amide bonds. The molecule has 1 aromatic rings. The summed E-state index contributed by atoms with van der Waals surface area (Å²) in [5, 5.41) is 9.35. The van der Waals surface area contributed by atoms with Crippen LogP contribution < -0.4 is 15.8 Å². The van der Waals surface area contributed by atoms with Crippen LogP contribution in [0.15, 0.2) is 29.2 Å². The molecule has 0 fully saturated rings. The van der Waals surface area contributed by atoms with Crippen LogP contribution in [-0.4, -0.2) is 26.2 Å². The first-order valence-corrected chi connectivity index (χ1v) is 7.16. The van der Waals surface area contributed by atoms with Gasteiger partial charge in [-0.1, -0.05) is 12.1 Å². The van der Waals surface area contributed by atoms with Crippen molar-refractivity contribution in [2.75, 3.05) is 5.88 Å². The summed E-state index contributed by atoms with van der Waals surface area (Å²) in [6.45, 7) is 0.131. The molecule has 4 N–H and O–H groups in total. The van der Waals surface area contributed by atoms with Gasteiger partial charge in [-0.15, -0.1) is 11.6 Å². The number of sulfonamides is 1. The standard InChI is InChI=1S/C10H12ClN3O4S/c11-5-9(15)14-10(16)13-6-7-1-3-8(4-2-7)19(12,17)18/h1-4H,5-6H2,(H2,12,17,18)(H2,13,14,15,16). The minimum absolute atomic E-state index is 0.0157. The normalized spacial score (nSPS) is 10.8. The van der Waals surface area contributed by atoms with Crippen molar-refractivity contribution in [2.45, 2.75) is 11.4 Å². The maximum atomic E-state index is 11.2. The van der Waals surface area contributed by atoms with E-state index in [2.05, 4.69) is 5.32 Å². The van der Waals surface area contributed by atoms with E-state index in [1.807, 2.05) is 5.32 Å². The van der Waals surface area contributed by atoms with E-state index in [9.17, 15) is 18.0 Å². The van der Waals surface area contributed by atoms with Crippen LogP contribution in [0, 0.1) is 0 Å². The Balaban J connectivity index is 2.55. The third-order valence-electron chi connectivity index (χ3n) is 2.08. The summed E-state index contributed by atoms with van der Waals surface area (Å²) in [6.07, 6.45) is 0. The zero-order chi connectivity index (χ0) is 14.5. The second kappa shape index (κ2) is 6.50. The molecule has 0 aliphatic heterocycles. The number of benzene rings is 1. The molecule has 0 spiro atoms. The highest BCUT2D eigenvalue weighted by atomic mass is 35.5. The fourth-order valence-electron chi connectivity index (χ4n) is 1.18. The van der Waals surface area contributed by atoms with Crippen LogP contribution in [0.5, 0.6) is 0 Å². The maximum Gasteiger partial charge on any atom is 0.321 e. The molecule has 0 bridgehead atoms. The first-order valence-electron chi connectivity index (χ1n) is 5.08. The Kier molecular flexibility index (Phi) is 5.28. The summed E-state index contributed by atoms with van der Waals surface area (Å²) in [5.74, 6) is -0.917. The Morgan fingerprint density at radius 1 is 1.21 bits per heavy atom. The molecule has 0 atom stereocenters. The Labute approximate surface area is 115 Å². The number of nitrogens with two attached hydrogens (primary N) is 1. The Bertz CT molecular complexity index is 571. The number of urea groups is 1. The number of hydrogen-bond donors (Lipinski definition) is 3. The Morgan fingerprint density at radius 3 is 2.26 bits per heavy atom. The van der Waals surface area contributed by atoms with E-state index in [1.165, 1.54) is 24.3 Å². The van der Waals surface area contributed by atoms with Gasteiger partial charge in [-0.05, 0) is 17.7 Å². The van der Waals surface area contributed by atoms with E-state index in [4.69, 9.17) is 16.7 Å². The molecule has 1 rings (SSSR count). The number of rotatable bonds is 4. The number of halogens is 1. The number of hydrogen-bond acceptors (Lipinski definition) is 4. The lowest BCUT2D eigenvalue weighted by atomic mass is 10.2. The first-order chi connectivity index (χ1) is 8.82. The van der Waals surface area contributed by atoms with Crippen LogP contribution in [0.4, 0.5) is 4.79 Å². The quantitative estimate of drug-likeness (QED) is 0.673. The second-order valence-corrected chi connectivity index (χ2v) is 5.38. The van der Waals surface area contributed by atoms with E-state index >= 15 is 0 Å². The lowest BCUT2D eigenvalue weighted by Gasteiger charge is -2.06. The van der Waals surface area contributed by atoms with Crippen LogP contribution in [-0.2, 0) is 21.4 Å². The van der Waals surface area contributed by atoms with Crippen molar-refractivity contribution in [3.8, 4) is 0 Å². The van der Waals surface area contributed by atoms with Gasteiger partial charge < -0.3 is 5.32 Å². The molecular formula is C10H12ClN3O4S. The zero-order valence-corrected chi connectivity index (χ0v) is 11.3. The predicted molar refractivity (Wildman–Crippen MR) is 68.9 cm³/mol. The fraction of sp³-hybridized carbons (Fsp3) is 0.200. The molecule has 1 aromatic carbocycles. The van der Waals surface area contributed by atoms with Gasteiger partial charge in [0.05, 0.1) is 4.90 Å². The van der Waals surface area contributed by atoms with Crippen LogP contribution >= 0.6 is 11.6 Å². The van der Waals surface area contributed by atoms with Gasteiger partial charge in [-0.2, -0.15) is 0 Å². The number of alkyl halides is 1. The molecule has 0 radical (unpaired) electrons. The van der Waals surface area contributed by atoms with E-state index in [1.54, 1.807) is 0 Å². The van der Waals surface area contributed by atoms with Crippen LogP contribution in [0.3, 0.4) is 0 Å². The average Bonchev–Trinajstić information content (AvgIpc) is 2.35. The average molecular weight is 306 g/mol. The number of carbonyl (C=O) groups is 2. The van der Waals surface area contributed by atoms with Gasteiger partial charge in [0.15, 0.2) is 0 Å². The summed E-state index contributed by atoms with van der Waals surface area (Å²) >= 11 is 5.21. The van der Waals surface area contributed by atoms with Crippen molar-refractivity contribution < 1.29 is 18.0 Å². The summed E-state index contributed by atoms with van der Waals surface area (Å²) in [7, 11) is -3.73. The molecule has 19 heavy (non-hydrogen) atoms. The molecule has 0 aromatic heterocycles. The molecule has 0 aliphatic rings. The van der Waals surface area contributed by atoms with Crippen molar-refractivity contribution in [1.29, 1.82) is 0 Å². The SMILES string of the molecule is NS(=O)(=O)c1ccc(CNC(=O)NC(=O)CCl)cc1. The van der Waals surface area contributed by atoms with Crippen molar-refractivity contribution in [2.24, 2.45) is 5.14 Å². The number of imide groups is 1. The van der Waals surface area contributed by atoms with Gasteiger partial charge in [-0.25, -0.2) is 18.4 Å². The molecule has 0 aliphatic carbocycles. The van der Waals surface area contributed by atoms with Crippen molar-refractivity contribution >= 4 is 33.6 Å². The maximum absolute atomic E-state index is 11.2. The summed E-state index contributed by atoms with van der Waals surface area (Å²) in [6, 6.07) is 4.98. The van der Waals surface area contributed by atoms with E-state index < -0.39 is 22.0 Å². The van der Waals surface area contributed by atoms with Gasteiger partial charge in [0.25, 0.3) is 0 Å². The minimum atomic E-state index is -3.73. The topological polar surface area (TPSA) is 118 Å². The number of amides is 3. The lowest BCUT2D eigenvalue weighted by Crippen LogP contribution is -2.39. The molecule has 9 heteroatoms. The fourth-order valence-corrected chi connectivity index (χ4v) is 1.77. The minimum Gasteiger partial charge on any atom is -0.334 e. The molecule has 104 valence electrons. The molecule has 0 heterocycles. The van der Waals surface area contributed by atoms with E-state index in [0.717, 1.165) is 0 Å². The summed E-state index contributed by atoms with van der Waals surface area (Å²) < 4.78 is 22.0. The molecule has 0 unspecified atom stereocenters. The predicted octanol–water partition coefficient (Wildman–Crippen LogP) is -0.101. The van der Waals surface area contributed by atoms with Crippen LogP contribution in [0.25, 0.3) is 0 Å². The number of carbonyl (C=O) groups excluding carboxylic acids is 2. The Morgan fingerprint density at radius 2 is 1.79 bits per heavy atom. The monoisotopic (exact) mass is 305 g/mol. The molecular weight excluding hydrogens is 294 g/mol. The third-order valence-corrected chi connectivity index (χ3v) is 3.25. The smallest absolute Gasteiger partial charge is 0.321 e. The van der Waals surface area contributed by atoms with Crippen molar-refractivity contribution in [3.05, 3.63) is 29.8 Å². The molecule has 0 saturated carbocycles. The van der Waals surface area contributed by atoms with Crippen LogP contribution in [0.1, 0.15) is 5.56 Å². The van der Waals surface area contributed by atoms with E-state index in [0.29, 0.717) is 5.56 Å². The van der Waals surface area contributed by atoms with Gasteiger partial charge in [0.2, 0.25) is 15.9 Å². The highest BCUT2D eigenvalue weighted by Gasteiger charge is 2.08. The third kappa shape index (κ3) is 5.25. The molecule has 0 saturated heterocycles. The van der Waals surface area contributed by atoms with Crippen molar-refractivity contribution in [3.63, 3.8) is 0 Å². The summed E-state index contributed by atoms with van der Waals surface area (Å²) in [5.41, 5.74) is 0.654. The lowest BCUT2D eigenvalue weighted by molar-refractivity contribution is -0.117. The zero-order valence-electron chi connectivity index (χ0n) is 9.72. The molecule has 7 nitrogen and oxygen atoms in total. The first kappa shape index (κ1) is 15.4. The van der Waals surface area contributed by atoms with Gasteiger partial charge >= 0.3 is 6.03 Å². The number of nitrogens with one attached hydrogen (secondary N) is 2. The second-order valence-electron chi connectivity index (χ2n) is 3.55. The largest absolute Gasteiger partial charge is 0.334 e. The highest BCUT2D eigenvalue weighted by molar-refractivity contribution is 7.89. The van der Waals surface area contributed by atoms with Gasteiger partial charge in [0.1, 0.15) is 5.88 Å². The van der Waals surface area contributed by atoms with E-state index in [-0.39, 0.29) is 17.3 Å². The Hall–Kier alpha value is -1.64. The van der Waals surface area contributed by atoms with Gasteiger partial charge in [0, 0.05) is 6.54 Å². The van der Waals surface area contributed by atoms with Crippen LogP contribution in [0.2, 0.25) is 0 Å². The number of primary sulfonamides is 1. The van der Waals surface area contributed by atoms with Crippen molar-refractivity contribution in [1.82, 2.24) is 10.6 Å². The summed E-state index contributed by atoms with van der Waals surface area (Å²) in [4.78, 5) is 22.0.